The molecule has 13 heavy (non-hydrogen) atoms. The van der Waals surface area contributed by atoms with Gasteiger partial charge in [-0.3, -0.25) is 0 Å². The van der Waals surface area contributed by atoms with Gasteiger partial charge in [0.05, 0.1) is 6.10 Å². The molecule has 2 heteroatoms. The van der Waals surface area contributed by atoms with Crippen molar-refractivity contribution in [2.75, 3.05) is 0 Å². The maximum atomic E-state index is 9.72. The maximum Gasteiger partial charge on any atom is 0.0938 e. The summed E-state index contributed by atoms with van der Waals surface area (Å²) in [5, 5.41) is 9.72. The van der Waals surface area contributed by atoms with Crippen molar-refractivity contribution >= 4 is 0 Å². The Morgan fingerprint density at radius 3 is 2.00 bits per heavy atom. The van der Waals surface area contributed by atoms with Gasteiger partial charge in [0.25, 0.3) is 0 Å². The van der Waals surface area contributed by atoms with E-state index in [-0.39, 0.29) is 6.04 Å². The van der Waals surface area contributed by atoms with Gasteiger partial charge in [-0.05, 0) is 26.3 Å². The minimum absolute atomic E-state index is 0.221. The summed E-state index contributed by atoms with van der Waals surface area (Å²) < 4.78 is 0. The van der Waals surface area contributed by atoms with Gasteiger partial charge in [-0.15, -0.1) is 0 Å². The average molecular weight is 179 g/mol. The Hall–Kier alpha value is -0.860. The van der Waals surface area contributed by atoms with Gasteiger partial charge in [-0.25, -0.2) is 0 Å². The van der Waals surface area contributed by atoms with E-state index in [1.54, 1.807) is 0 Å². The predicted octanol–water partition coefficient (Wildman–Crippen LogP) is 1.68. The Labute approximate surface area is 79.4 Å². The molecule has 2 nitrogen and oxygen atoms in total. The van der Waals surface area contributed by atoms with Crippen LogP contribution in [0, 0.1) is 13.8 Å². The van der Waals surface area contributed by atoms with Crippen LogP contribution in [0.2, 0.25) is 0 Å². The van der Waals surface area contributed by atoms with Crippen molar-refractivity contribution in [2.45, 2.75) is 32.9 Å². The molecule has 0 aliphatic carbocycles. The van der Waals surface area contributed by atoms with Crippen LogP contribution in [0.15, 0.2) is 18.2 Å². The van der Waals surface area contributed by atoms with Crippen molar-refractivity contribution in [3.8, 4) is 0 Å². The van der Waals surface area contributed by atoms with E-state index in [0.717, 1.165) is 16.7 Å². The molecule has 0 fully saturated rings. The fourth-order valence-electron chi connectivity index (χ4n) is 1.48. The van der Waals surface area contributed by atoms with E-state index in [9.17, 15) is 5.11 Å². The summed E-state index contributed by atoms with van der Waals surface area (Å²) >= 11 is 0. The summed E-state index contributed by atoms with van der Waals surface area (Å²) in [6, 6.07) is 5.81. The summed E-state index contributed by atoms with van der Waals surface area (Å²) in [5.74, 6) is 0. The van der Waals surface area contributed by atoms with E-state index < -0.39 is 6.10 Å². The smallest absolute Gasteiger partial charge is 0.0938 e. The Bertz CT molecular complexity index is 274. The molecule has 0 aliphatic heterocycles. The number of hydrogen-bond donors (Lipinski definition) is 2. The van der Waals surface area contributed by atoms with Crippen LogP contribution in [-0.4, -0.2) is 11.1 Å². The first-order chi connectivity index (χ1) is 6.00. The number of rotatable bonds is 2. The Kier molecular flexibility index (Phi) is 3.07. The molecule has 1 rings (SSSR count). The molecule has 0 saturated carbocycles. The molecular weight excluding hydrogens is 162 g/mol. The molecule has 0 saturated heterocycles. The molecule has 0 aliphatic rings. The van der Waals surface area contributed by atoms with Gasteiger partial charge in [-0.1, -0.05) is 29.3 Å². The van der Waals surface area contributed by atoms with Crippen molar-refractivity contribution in [3.63, 3.8) is 0 Å². The Balaban J connectivity index is 3.01. The molecule has 72 valence electrons. The molecule has 3 N–H and O–H groups in total. The zero-order valence-corrected chi connectivity index (χ0v) is 8.41. The highest BCUT2D eigenvalue weighted by Crippen LogP contribution is 2.18. The second kappa shape index (κ2) is 3.90. The molecule has 0 unspecified atom stereocenters. The van der Waals surface area contributed by atoms with Crippen LogP contribution < -0.4 is 5.73 Å². The number of aryl methyl sites for hydroxylation is 2. The highest BCUT2D eigenvalue weighted by atomic mass is 16.3. The fourth-order valence-corrected chi connectivity index (χ4v) is 1.48. The lowest BCUT2D eigenvalue weighted by molar-refractivity contribution is 0.153. The van der Waals surface area contributed by atoms with Crippen LogP contribution in [0.4, 0.5) is 0 Å². The monoisotopic (exact) mass is 179 g/mol. The first-order valence-corrected chi connectivity index (χ1v) is 4.52. The topological polar surface area (TPSA) is 46.2 Å². The lowest BCUT2D eigenvalue weighted by Gasteiger charge is -2.15. The van der Waals surface area contributed by atoms with Crippen LogP contribution in [0.5, 0.6) is 0 Å². The van der Waals surface area contributed by atoms with Gasteiger partial charge in [0.2, 0.25) is 0 Å². The van der Waals surface area contributed by atoms with Crippen LogP contribution in [0.25, 0.3) is 0 Å². The third kappa shape index (κ3) is 2.54. The van der Waals surface area contributed by atoms with Gasteiger partial charge in [0.1, 0.15) is 0 Å². The summed E-state index contributed by atoms with van der Waals surface area (Å²) in [7, 11) is 0. The largest absolute Gasteiger partial charge is 0.387 e. The van der Waals surface area contributed by atoms with E-state index in [0.29, 0.717) is 0 Å². The van der Waals surface area contributed by atoms with Gasteiger partial charge in [-0.2, -0.15) is 0 Å². The van der Waals surface area contributed by atoms with E-state index in [1.165, 1.54) is 0 Å². The predicted molar refractivity (Wildman–Crippen MR) is 54.5 cm³/mol. The second-order valence-corrected chi connectivity index (χ2v) is 3.73. The van der Waals surface area contributed by atoms with Crippen molar-refractivity contribution in [1.29, 1.82) is 0 Å². The molecule has 0 aromatic heterocycles. The van der Waals surface area contributed by atoms with Crippen LogP contribution in [0.1, 0.15) is 29.7 Å². The molecule has 0 radical (unpaired) electrons. The second-order valence-electron chi connectivity index (χ2n) is 3.73. The maximum absolute atomic E-state index is 9.72. The minimum atomic E-state index is -0.557. The van der Waals surface area contributed by atoms with Crippen molar-refractivity contribution in [3.05, 3.63) is 34.9 Å². The van der Waals surface area contributed by atoms with Crippen molar-refractivity contribution in [1.82, 2.24) is 0 Å². The molecule has 0 amide bonds. The highest BCUT2D eigenvalue weighted by molar-refractivity contribution is 5.30. The summed E-state index contributed by atoms with van der Waals surface area (Å²) in [6.45, 7) is 5.84. The quantitative estimate of drug-likeness (QED) is 0.725. The SMILES string of the molecule is Cc1cc(C)cc([C@H](O)[C@@H](C)N)c1. The van der Waals surface area contributed by atoms with Crippen molar-refractivity contribution in [2.24, 2.45) is 5.73 Å². The first kappa shape index (κ1) is 10.2. The number of hydrogen-bond acceptors (Lipinski definition) is 2. The molecular formula is C11H17NO. The van der Waals surface area contributed by atoms with Gasteiger partial charge < -0.3 is 10.8 Å². The first-order valence-electron chi connectivity index (χ1n) is 4.52. The average Bonchev–Trinajstić information content (AvgIpc) is 2.01. The van der Waals surface area contributed by atoms with Gasteiger partial charge >= 0.3 is 0 Å². The number of nitrogens with two attached hydrogens (primary N) is 1. The fraction of sp³-hybridized carbons (Fsp3) is 0.455. The Morgan fingerprint density at radius 1 is 1.15 bits per heavy atom. The lowest BCUT2D eigenvalue weighted by atomic mass is 10.00. The standard InChI is InChI=1S/C11H17NO/c1-7-4-8(2)6-10(5-7)11(13)9(3)12/h4-6,9,11,13H,12H2,1-3H3/t9-,11-/m1/s1. The number of benzene rings is 1. The van der Waals surface area contributed by atoms with E-state index in [4.69, 9.17) is 5.73 Å². The molecule has 0 heterocycles. The third-order valence-corrected chi connectivity index (χ3v) is 2.08. The van der Waals surface area contributed by atoms with Crippen LogP contribution in [0.3, 0.4) is 0 Å². The van der Waals surface area contributed by atoms with E-state index in [2.05, 4.69) is 6.07 Å². The molecule has 1 aromatic carbocycles. The minimum Gasteiger partial charge on any atom is -0.387 e. The molecule has 2 atom stereocenters. The summed E-state index contributed by atoms with van der Waals surface area (Å²) in [6.07, 6.45) is -0.557. The zero-order valence-electron chi connectivity index (χ0n) is 8.41. The van der Waals surface area contributed by atoms with Gasteiger partial charge in [0.15, 0.2) is 0 Å². The number of aliphatic hydroxyl groups is 1. The normalized spacial score (nSPS) is 15.5. The molecule has 1 aromatic rings. The van der Waals surface area contributed by atoms with E-state index in [1.807, 2.05) is 32.9 Å². The highest BCUT2D eigenvalue weighted by Gasteiger charge is 2.12. The summed E-state index contributed by atoms with van der Waals surface area (Å²) in [5.41, 5.74) is 8.85. The lowest BCUT2D eigenvalue weighted by Crippen LogP contribution is -2.24. The third-order valence-electron chi connectivity index (χ3n) is 2.08. The summed E-state index contributed by atoms with van der Waals surface area (Å²) in [4.78, 5) is 0. The molecule has 0 bridgehead atoms. The van der Waals surface area contributed by atoms with Crippen molar-refractivity contribution < 1.29 is 5.11 Å². The zero-order chi connectivity index (χ0) is 10.0. The Morgan fingerprint density at radius 2 is 1.62 bits per heavy atom. The van der Waals surface area contributed by atoms with Gasteiger partial charge in [0, 0.05) is 6.04 Å². The van der Waals surface area contributed by atoms with E-state index >= 15 is 0 Å². The number of aliphatic hydroxyl groups excluding tert-OH is 1. The van der Waals surface area contributed by atoms with Crippen LogP contribution >= 0.6 is 0 Å². The molecule has 0 spiro atoms. The van der Waals surface area contributed by atoms with Crippen LogP contribution in [-0.2, 0) is 0 Å².